The maximum atomic E-state index is 12.3. The number of hydrogen-bond donors (Lipinski definition) is 2. The molecule has 4 nitrogen and oxygen atoms in total. The average Bonchev–Trinajstić information content (AvgIpc) is 3.24. The molecule has 1 saturated carbocycles. The zero-order valence-corrected chi connectivity index (χ0v) is 12.5. The van der Waals surface area contributed by atoms with Gasteiger partial charge in [-0.2, -0.15) is 0 Å². The molecule has 1 amide bonds. The van der Waals surface area contributed by atoms with Gasteiger partial charge in [0.05, 0.1) is 0 Å². The van der Waals surface area contributed by atoms with Gasteiger partial charge in [-0.3, -0.25) is 4.79 Å². The summed E-state index contributed by atoms with van der Waals surface area (Å²) in [6.45, 7) is 4.71. The molecular formula is C17H21NO3. The van der Waals surface area contributed by atoms with Crippen LogP contribution in [0.2, 0.25) is 0 Å². The van der Waals surface area contributed by atoms with Crippen LogP contribution < -0.4 is 5.32 Å². The van der Waals surface area contributed by atoms with E-state index in [0.29, 0.717) is 11.0 Å². The molecule has 0 spiro atoms. The SMILES string of the molecule is CCC1(CNC(=O)c2cccc(/C=C/C(=O)O)c2C)CC1. The molecule has 1 aliphatic rings. The Hall–Kier alpha value is -2.10. The summed E-state index contributed by atoms with van der Waals surface area (Å²) in [6, 6.07) is 5.35. The van der Waals surface area contributed by atoms with Gasteiger partial charge in [-0.15, -0.1) is 0 Å². The van der Waals surface area contributed by atoms with Gasteiger partial charge in [0.25, 0.3) is 5.91 Å². The van der Waals surface area contributed by atoms with Gasteiger partial charge in [-0.05, 0) is 54.9 Å². The molecular weight excluding hydrogens is 266 g/mol. The van der Waals surface area contributed by atoms with E-state index in [1.807, 2.05) is 6.92 Å². The number of amides is 1. The molecule has 112 valence electrons. The number of hydrogen-bond acceptors (Lipinski definition) is 2. The Kier molecular flexibility index (Phi) is 4.46. The number of carbonyl (C=O) groups is 2. The smallest absolute Gasteiger partial charge is 0.328 e. The lowest BCUT2D eigenvalue weighted by Crippen LogP contribution is -2.30. The summed E-state index contributed by atoms with van der Waals surface area (Å²) < 4.78 is 0. The van der Waals surface area contributed by atoms with Gasteiger partial charge in [0, 0.05) is 18.2 Å². The van der Waals surface area contributed by atoms with Crippen molar-refractivity contribution >= 4 is 18.0 Å². The van der Waals surface area contributed by atoms with E-state index >= 15 is 0 Å². The monoisotopic (exact) mass is 287 g/mol. The van der Waals surface area contributed by atoms with Gasteiger partial charge >= 0.3 is 5.97 Å². The van der Waals surface area contributed by atoms with Gasteiger partial charge < -0.3 is 10.4 Å². The van der Waals surface area contributed by atoms with Crippen LogP contribution in [0.3, 0.4) is 0 Å². The number of carboxylic acid groups (broad SMARTS) is 1. The fourth-order valence-electron chi connectivity index (χ4n) is 2.44. The predicted molar refractivity (Wildman–Crippen MR) is 82.1 cm³/mol. The zero-order valence-electron chi connectivity index (χ0n) is 12.5. The van der Waals surface area contributed by atoms with Crippen LogP contribution in [-0.4, -0.2) is 23.5 Å². The largest absolute Gasteiger partial charge is 0.478 e. The molecule has 1 aromatic rings. The van der Waals surface area contributed by atoms with Crippen molar-refractivity contribution in [2.45, 2.75) is 33.1 Å². The lowest BCUT2D eigenvalue weighted by Gasteiger charge is -2.15. The molecule has 1 fully saturated rings. The van der Waals surface area contributed by atoms with Crippen molar-refractivity contribution in [3.05, 3.63) is 41.0 Å². The summed E-state index contributed by atoms with van der Waals surface area (Å²) >= 11 is 0. The topological polar surface area (TPSA) is 66.4 Å². The molecule has 1 aliphatic carbocycles. The molecule has 0 unspecified atom stereocenters. The summed E-state index contributed by atoms with van der Waals surface area (Å²) in [5, 5.41) is 11.7. The third-order valence-corrected chi connectivity index (χ3v) is 4.36. The van der Waals surface area contributed by atoms with E-state index in [2.05, 4.69) is 12.2 Å². The molecule has 0 saturated heterocycles. The van der Waals surface area contributed by atoms with E-state index in [0.717, 1.165) is 30.2 Å². The minimum absolute atomic E-state index is 0.0854. The van der Waals surface area contributed by atoms with Crippen molar-refractivity contribution in [1.29, 1.82) is 0 Å². The number of carboxylic acids is 1. The van der Waals surface area contributed by atoms with Crippen LogP contribution in [-0.2, 0) is 4.79 Å². The Morgan fingerprint density at radius 1 is 1.38 bits per heavy atom. The van der Waals surface area contributed by atoms with Crippen LogP contribution in [0.4, 0.5) is 0 Å². The van der Waals surface area contributed by atoms with Crippen molar-refractivity contribution in [2.24, 2.45) is 5.41 Å². The van der Waals surface area contributed by atoms with E-state index in [9.17, 15) is 9.59 Å². The molecule has 2 N–H and O–H groups in total. The molecule has 0 aromatic heterocycles. The fraction of sp³-hybridized carbons (Fsp3) is 0.412. The van der Waals surface area contributed by atoms with E-state index in [4.69, 9.17) is 5.11 Å². The molecule has 0 radical (unpaired) electrons. The zero-order chi connectivity index (χ0) is 15.5. The van der Waals surface area contributed by atoms with Crippen molar-refractivity contribution in [1.82, 2.24) is 5.32 Å². The first-order valence-corrected chi connectivity index (χ1v) is 7.26. The van der Waals surface area contributed by atoms with E-state index in [1.54, 1.807) is 18.2 Å². The number of carbonyl (C=O) groups excluding carboxylic acids is 1. The standard InChI is InChI=1S/C17H21NO3/c1-3-17(9-10-17)11-18-16(21)14-6-4-5-13(12(14)2)7-8-15(19)20/h4-8H,3,9-11H2,1-2H3,(H,18,21)(H,19,20)/b8-7+. The second-order valence-electron chi connectivity index (χ2n) is 5.73. The summed E-state index contributed by atoms with van der Waals surface area (Å²) in [5.74, 6) is -1.08. The number of benzene rings is 1. The lowest BCUT2D eigenvalue weighted by molar-refractivity contribution is -0.131. The lowest BCUT2D eigenvalue weighted by atomic mass is 10.00. The van der Waals surface area contributed by atoms with Gasteiger partial charge in [-0.25, -0.2) is 4.79 Å². The van der Waals surface area contributed by atoms with Crippen molar-refractivity contribution in [3.63, 3.8) is 0 Å². The van der Waals surface area contributed by atoms with Crippen molar-refractivity contribution in [3.8, 4) is 0 Å². The average molecular weight is 287 g/mol. The fourth-order valence-corrected chi connectivity index (χ4v) is 2.44. The van der Waals surface area contributed by atoms with Crippen LogP contribution in [0, 0.1) is 12.3 Å². The number of aliphatic carboxylic acids is 1. The number of rotatable bonds is 6. The third-order valence-electron chi connectivity index (χ3n) is 4.36. The molecule has 0 bridgehead atoms. The quantitative estimate of drug-likeness (QED) is 0.790. The van der Waals surface area contributed by atoms with Gasteiger partial charge in [0.15, 0.2) is 0 Å². The molecule has 0 heterocycles. The van der Waals surface area contributed by atoms with Crippen LogP contribution >= 0.6 is 0 Å². The Morgan fingerprint density at radius 2 is 2.10 bits per heavy atom. The summed E-state index contributed by atoms with van der Waals surface area (Å²) in [6.07, 6.45) is 6.06. The highest BCUT2D eigenvalue weighted by Crippen LogP contribution is 2.47. The first-order valence-electron chi connectivity index (χ1n) is 7.26. The first-order chi connectivity index (χ1) is 9.97. The minimum atomic E-state index is -0.997. The Labute approximate surface area is 124 Å². The highest BCUT2D eigenvalue weighted by Gasteiger charge is 2.40. The molecule has 0 atom stereocenters. The van der Waals surface area contributed by atoms with Crippen molar-refractivity contribution < 1.29 is 14.7 Å². The molecule has 0 aliphatic heterocycles. The maximum Gasteiger partial charge on any atom is 0.328 e. The molecule has 2 rings (SSSR count). The second kappa shape index (κ2) is 6.12. The second-order valence-corrected chi connectivity index (χ2v) is 5.73. The molecule has 1 aromatic carbocycles. The van der Waals surface area contributed by atoms with Crippen LogP contribution in [0.25, 0.3) is 6.08 Å². The Morgan fingerprint density at radius 3 is 2.67 bits per heavy atom. The third kappa shape index (κ3) is 3.72. The molecule has 4 heteroatoms. The van der Waals surface area contributed by atoms with E-state index < -0.39 is 5.97 Å². The first kappa shape index (κ1) is 15.3. The Bertz CT molecular complexity index is 586. The van der Waals surface area contributed by atoms with Crippen LogP contribution in [0.1, 0.15) is 47.7 Å². The maximum absolute atomic E-state index is 12.3. The normalized spacial score (nSPS) is 15.9. The highest BCUT2D eigenvalue weighted by molar-refractivity contribution is 5.97. The van der Waals surface area contributed by atoms with Crippen LogP contribution in [0.5, 0.6) is 0 Å². The van der Waals surface area contributed by atoms with E-state index in [-0.39, 0.29) is 5.91 Å². The highest BCUT2D eigenvalue weighted by atomic mass is 16.4. The van der Waals surface area contributed by atoms with E-state index in [1.165, 1.54) is 18.9 Å². The van der Waals surface area contributed by atoms with Gasteiger partial charge in [-0.1, -0.05) is 19.1 Å². The molecule has 21 heavy (non-hydrogen) atoms. The number of nitrogens with one attached hydrogen (secondary N) is 1. The summed E-state index contributed by atoms with van der Waals surface area (Å²) in [4.78, 5) is 22.9. The Balaban J connectivity index is 2.10. The summed E-state index contributed by atoms with van der Waals surface area (Å²) in [7, 11) is 0. The van der Waals surface area contributed by atoms with Crippen LogP contribution in [0.15, 0.2) is 24.3 Å². The predicted octanol–water partition coefficient (Wildman–Crippen LogP) is 3.01. The van der Waals surface area contributed by atoms with Gasteiger partial charge in [0.1, 0.15) is 0 Å². The van der Waals surface area contributed by atoms with Crippen molar-refractivity contribution in [2.75, 3.05) is 6.54 Å². The minimum Gasteiger partial charge on any atom is -0.478 e. The summed E-state index contributed by atoms with van der Waals surface area (Å²) in [5.41, 5.74) is 2.47. The van der Waals surface area contributed by atoms with Gasteiger partial charge in [0.2, 0.25) is 0 Å².